The Morgan fingerprint density at radius 3 is 2.63 bits per heavy atom. The van der Waals surface area contributed by atoms with Crippen molar-refractivity contribution in [2.24, 2.45) is 5.73 Å². The van der Waals surface area contributed by atoms with Gasteiger partial charge in [-0.25, -0.2) is 12.8 Å². The van der Waals surface area contributed by atoms with Crippen molar-refractivity contribution in [1.82, 2.24) is 15.4 Å². The zero-order valence-corrected chi connectivity index (χ0v) is 10.5. The number of primary amides is 1. The highest BCUT2D eigenvalue weighted by Gasteiger charge is 2.24. The van der Waals surface area contributed by atoms with Crippen LogP contribution in [0.2, 0.25) is 0 Å². The van der Waals surface area contributed by atoms with Crippen LogP contribution in [-0.2, 0) is 9.84 Å². The van der Waals surface area contributed by atoms with E-state index in [1.165, 1.54) is 12.1 Å². The molecule has 19 heavy (non-hydrogen) atoms. The SMILES string of the molecule is CS(=O)(=O)c1c(F)cccc1-c1n[nH]nc1C(N)=O. The van der Waals surface area contributed by atoms with Crippen LogP contribution in [0, 0.1) is 5.82 Å². The number of sulfone groups is 1. The van der Waals surface area contributed by atoms with Gasteiger partial charge in [-0.2, -0.15) is 15.4 Å². The second kappa shape index (κ2) is 4.43. The molecule has 0 atom stereocenters. The summed E-state index contributed by atoms with van der Waals surface area (Å²) in [5.41, 5.74) is 4.67. The summed E-state index contributed by atoms with van der Waals surface area (Å²) in [6, 6.07) is 3.63. The summed E-state index contributed by atoms with van der Waals surface area (Å²) in [5, 5.41) is 9.33. The van der Waals surface area contributed by atoms with E-state index in [0.717, 1.165) is 12.3 Å². The third-order valence-electron chi connectivity index (χ3n) is 2.37. The second-order valence-corrected chi connectivity index (χ2v) is 5.73. The van der Waals surface area contributed by atoms with Crippen molar-refractivity contribution in [2.45, 2.75) is 4.90 Å². The summed E-state index contributed by atoms with van der Waals surface area (Å²) in [4.78, 5) is 10.6. The zero-order valence-electron chi connectivity index (χ0n) is 9.71. The molecule has 2 rings (SSSR count). The van der Waals surface area contributed by atoms with Gasteiger partial charge in [0.1, 0.15) is 16.4 Å². The summed E-state index contributed by atoms with van der Waals surface area (Å²) in [6.07, 6.45) is 0.860. The van der Waals surface area contributed by atoms with Gasteiger partial charge in [-0.3, -0.25) is 4.79 Å². The number of nitrogens with two attached hydrogens (primary N) is 1. The van der Waals surface area contributed by atoms with Gasteiger partial charge in [0, 0.05) is 11.8 Å². The number of nitrogens with zero attached hydrogens (tertiary/aromatic N) is 2. The first-order valence-corrected chi connectivity index (χ1v) is 6.91. The fourth-order valence-electron chi connectivity index (χ4n) is 1.66. The maximum Gasteiger partial charge on any atom is 0.271 e. The average Bonchev–Trinajstić information content (AvgIpc) is 2.75. The van der Waals surface area contributed by atoms with Gasteiger partial charge in [0.2, 0.25) is 0 Å². The molecule has 0 saturated heterocycles. The van der Waals surface area contributed by atoms with Gasteiger partial charge in [-0.15, -0.1) is 0 Å². The Labute approximate surface area is 107 Å². The van der Waals surface area contributed by atoms with E-state index in [9.17, 15) is 17.6 Å². The topological polar surface area (TPSA) is 119 Å². The van der Waals surface area contributed by atoms with E-state index in [2.05, 4.69) is 15.4 Å². The van der Waals surface area contributed by atoms with Crippen LogP contribution in [0.5, 0.6) is 0 Å². The largest absolute Gasteiger partial charge is 0.364 e. The van der Waals surface area contributed by atoms with Gasteiger partial charge in [-0.05, 0) is 6.07 Å². The minimum atomic E-state index is -3.84. The number of benzene rings is 1. The van der Waals surface area contributed by atoms with E-state index in [-0.39, 0.29) is 17.0 Å². The Kier molecular flexibility index (Phi) is 3.06. The highest BCUT2D eigenvalue weighted by molar-refractivity contribution is 7.90. The Morgan fingerprint density at radius 2 is 2.05 bits per heavy atom. The summed E-state index contributed by atoms with van der Waals surface area (Å²) in [6.45, 7) is 0. The fourth-order valence-corrected chi connectivity index (χ4v) is 2.65. The Bertz CT molecular complexity index is 754. The number of halogens is 1. The molecule has 2 aromatic rings. The number of aromatic amines is 1. The molecule has 9 heteroatoms. The Morgan fingerprint density at radius 1 is 1.37 bits per heavy atom. The molecule has 0 radical (unpaired) electrons. The van der Waals surface area contributed by atoms with Crippen LogP contribution in [0.1, 0.15) is 10.5 Å². The van der Waals surface area contributed by atoms with Gasteiger partial charge in [0.15, 0.2) is 15.5 Å². The van der Waals surface area contributed by atoms with Crippen LogP contribution in [0.15, 0.2) is 23.1 Å². The first-order valence-electron chi connectivity index (χ1n) is 5.02. The molecule has 100 valence electrons. The lowest BCUT2D eigenvalue weighted by atomic mass is 10.1. The Balaban J connectivity index is 2.81. The molecular weight excluding hydrogens is 275 g/mol. The number of rotatable bonds is 3. The van der Waals surface area contributed by atoms with E-state index in [0.29, 0.717) is 0 Å². The van der Waals surface area contributed by atoms with Crippen molar-refractivity contribution in [3.63, 3.8) is 0 Å². The van der Waals surface area contributed by atoms with Gasteiger partial charge in [-0.1, -0.05) is 12.1 Å². The lowest BCUT2D eigenvalue weighted by Crippen LogP contribution is -2.13. The molecule has 0 fully saturated rings. The first kappa shape index (κ1) is 13.1. The number of hydrogen-bond donors (Lipinski definition) is 2. The van der Waals surface area contributed by atoms with Gasteiger partial charge in [0.25, 0.3) is 5.91 Å². The number of amides is 1. The predicted molar refractivity (Wildman–Crippen MR) is 63.4 cm³/mol. The normalized spacial score (nSPS) is 11.5. The third-order valence-corrected chi connectivity index (χ3v) is 3.53. The number of hydrogen-bond acceptors (Lipinski definition) is 5. The molecule has 0 aliphatic rings. The maximum absolute atomic E-state index is 13.7. The van der Waals surface area contributed by atoms with Crippen molar-refractivity contribution in [2.75, 3.05) is 6.26 Å². The molecule has 1 amide bonds. The van der Waals surface area contributed by atoms with Crippen LogP contribution < -0.4 is 5.73 Å². The molecule has 0 aliphatic carbocycles. The summed E-state index contributed by atoms with van der Waals surface area (Å²) < 4.78 is 37.0. The Hall–Kier alpha value is -2.29. The molecule has 0 saturated carbocycles. The van der Waals surface area contributed by atoms with Crippen LogP contribution in [0.4, 0.5) is 4.39 Å². The molecule has 1 heterocycles. The van der Waals surface area contributed by atoms with E-state index in [1.807, 2.05) is 0 Å². The third kappa shape index (κ3) is 2.32. The van der Waals surface area contributed by atoms with Crippen LogP contribution in [0.25, 0.3) is 11.3 Å². The first-order chi connectivity index (χ1) is 8.82. The smallest absolute Gasteiger partial charge is 0.271 e. The molecule has 0 spiro atoms. The molecule has 1 aromatic heterocycles. The monoisotopic (exact) mass is 284 g/mol. The van der Waals surface area contributed by atoms with E-state index >= 15 is 0 Å². The second-order valence-electron chi connectivity index (χ2n) is 3.77. The van der Waals surface area contributed by atoms with Crippen molar-refractivity contribution in [3.8, 4) is 11.3 Å². The minimum absolute atomic E-state index is 0.0648. The zero-order chi connectivity index (χ0) is 14.2. The van der Waals surface area contributed by atoms with Gasteiger partial charge < -0.3 is 5.73 Å². The molecule has 0 bridgehead atoms. The van der Waals surface area contributed by atoms with Crippen molar-refractivity contribution >= 4 is 15.7 Å². The molecule has 3 N–H and O–H groups in total. The van der Waals surface area contributed by atoms with Crippen molar-refractivity contribution in [3.05, 3.63) is 29.7 Å². The van der Waals surface area contributed by atoms with Crippen LogP contribution >= 0.6 is 0 Å². The van der Waals surface area contributed by atoms with Crippen LogP contribution in [0.3, 0.4) is 0 Å². The van der Waals surface area contributed by atoms with Gasteiger partial charge >= 0.3 is 0 Å². The molecule has 0 aliphatic heterocycles. The minimum Gasteiger partial charge on any atom is -0.364 e. The fraction of sp³-hybridized carbons (Fsp3) is 0.100. The van der Waals surface area contributed by atoms with Crippen molar-refractivity contribution < 1.29 is 17.6 Å². The molecule has 0 unspecified atom stereocenters. The predicted octanol–water partition coefficient (Wildman–Crippen LogP) is 0.113. The number of carbonyl (C=O) groups is 1. The summed E-state index contributed by atoms with van der Waals surface area (Å²) >= 11 is 0. The standard InChI is InChI=1S/C10H9FN4O3S/c1-19(17,18)9-5(3-2-4-6(9)11)7-8(10(12)16)14-15-13-7/h2-4H,1H3,(H2,12,16)(H,13,14,15). The quantitative estimate of drug-likeness (QED) is 0.829. The highest BCUT2D eigenvalue weighted by Crippen LogP contribution is 2.29. The summed E-state index contributed by atoms with van der Waals surface area (Å²) in [7, 11) is -3.84. The maximum atomic E-state index is 13.7. The van der Waals surface area contributed by atoms with E-state index in [1.54, 1.807) is 0 Å². The van der Waals surface area contributed by atoms with E-state index in [4.69, 9.17) is 5.73 Å². The van der Waals surface area contributed by atoms with E-state index < -0.39 is 26.5 Å². The summed E-state index contributed by atoms with van der Waals surface area (Å²) in [5.74, 6) is -1.83. The lowest BCUT2D eigenvalue weighted by molar-refractivity contribution is 0.0996. The number of nitrogens with one attached hydrogen (secondary N) is 1. The number of H-pyrrole nitrogens is 1. The number of carbonyl (C=O) groups excluding carboxylic acids is 1. The molecule has 7 nitrogen and oxygen atoms in total. The molecule has 1 aromatic carbocycles. The lowest BCUT2D eigenvalue weighted by Gasteiger charge is -2.07. The number of aromatic nitrogens is 3. The highest BCUT2D eigenvalue weighted by atomic mass is 32.2. The molecular formula is C10H9FN4O3S. The van der Waals surface area contributed by atoms with Gasteiger partial charge in [0.05, 0.1) is 0 Å². The average molecular weight is 284 g/mol. The van der Waals surface area contributed by atoms with Crippen molar-refractivity contribution in [1.29, 1.82) is 0 Å². The van der Waals surface area contributed by atoms with Crippen LogP contribution in [-0.4, -0.2) is 36.0 Å².